The molecule has 5 aliphatic rings. The van der Waals surface area contributed by atoms with Crippen molar-refractivity contribution in [2.75, 3.05) is 4.90 Å². The Labute approximate surface area is 564 Å². The highest BCUT2D eigenvalue weighted by Crippen LogP contribution is 2.67. The van der Waals surface area contributed by atoms with Crippen molar-refractivity contribution in [3.05, 3.63) is 292 Å². The molecule has 13 aromatic carbocycles. The first-order valence-corrected chi connectivity index (χ1v) is 34.6. The van der Waals surface area contributed by atoms with Gasteiger partial charge in [0, 0.05) is 93.1 Å². The van der Waals surface area contributed by atoms with Crippen LogP contribution in [0.5, 0.6) is 0 Å². The second-order valence-electron chi connectivity index (χ2n) is 30.9. The quantitative estimate of drug-likeness (QED) is 0.172. The summed E-state index contributed by atoms with van der Waals surface area (Å²) >= 11 is 0. The third-order valence-corrected chi connectivity index (χ3v) is 24.1. The van der Waals surface area contributed by atoms with Crippen LogP contribution in [0.15, 0.2) is 250 Å². The Bertz CT molecular complexity index is 6040. The third-order valence-electron chi connectivity index (χ3n) is 24.1. The first-order valence-electron chi connectivity index (χ1n) is 34.6. The molecule has 0 saturated carbocycles. The summed E-state index contributed by atoms with van der Waals surface area (Å²) < 4.78 is 21.4. The molecule has 0 atom stereocenters. The molecule has 4 nitrogen and oxygen atoms in total. The average molecular weight is 1250 g/mol. The Morgan fingerprint density at radius 3 is 1.09 bits per heavy atom. The standard InChI is InChI=1S/C93H69NO3/c1-89(2)67-46-53(39-42-58(67)74-70(89)49-64(86-77(74)61-31-16-21-36-71(61)95-86)52-28-24-27-51(45-52)50-25-12-11-13-26-50)94(54-40-43-59-68(47-54)92(7,8)82-75(59)78-62-32-17-22-37-72(62)96-87(78)80-56-29-14-19-34-65(56)90(3,4)84(80)82)55-41-44-60-69(48-55)93(9,10)83-76(60)79-63-33-18-23-38-73(63)97-88(79)81-57-30-15-20-35-66(57)91(5,6)85(81)83/h11-49H,1-10H3. The van der Waals surface area contributed by atoms with Gasteiger partial charge in [-0.3, -0.25) is 0 Å². The summed E-state index contributed by atoms with van der Waals surface area (Å²) in [7, 11) is 0. The molecule has 0 aliphatic heterocycles. The van der Waals surface area contributed by atoms with Crippen molar-refractivity contribution < 1.29 is 13.3 Å². The molecule has 5 aliphatic carbocycles. The summed E-state index contributed by atoms with van der Waals surface area (Å²) in [5.41, 5.74) is 37.8. The van der Waals surface area contributed by atoms with Gasteiger partial charge in [0.2, 0.25) is 0 Å². The Balaban J connectivity index is 0.804. The van der Waals surface area contributed by atoms with Gasteiger partial charge >= 0.3 is 0 Å². The Morgan fingerprint density at radius 1 is 0.237 bits per heavy atom. The molecule has 0 amide bonds. The number of benzene rings is 13. The van der Waals surface area contributed by atoms with Gasteiger partial charge in [0.15, 0.2) is 0 Å². The molecule has 0 spiro atoms. The first kappa shape index (κ1) is 55.4. The third kappa shape index (κ3) is 6.83. The number of para-hydroxylation sites is 3. The number of fused-ring (bicyclic) bond motifs is 31. The Hall–Kier alpha value is -10.9. The minimum Gasteiger partial charge on any atom is -0.455 e. The van der Waals surface area contributed by atoms with E-state index in [2.05, 4.69) is 311 Å². The average Bonchev–Trinajstić information content (AvgIpc) is 1.52. The van der Waals surface area contributed by atoms with Crippen LogP contribution >= 0.6 is 0 Å². The number of anilines is 3. The molecule has 0 fully saturated rings. The lowest BCUT2D eigenvalue weighted by atomic mass is 9.72. The van der Waals surface area contributed by atoms with E-state index in [1.54, 1.807) is 0 Å². The van der Waals surface area contributed by atoms with E-state index >= 15 is 0 Å². The number of hydrogen-bond acceptors (Lipinski definition) is 4. The monoisotopic (exact) mass is 1250 g/mol. The SMILES string of the molecule is CC1(C)c2cc(N(c3ccc4c(c3)C(C)(C)c3c5c(c6oc7ccccc7c6c3-4)-c3ccccc3C5(C)C)c3ccc4c(c3)C(C)(C)c3c5c(c6oc7ccccc7c6c3-4)-c3ccccc3C5(C)C)ccc2-c2c1cc(-c1cccc(-c3ccccc3)c1)c1oc3ccccc3c21. The second kappa shape index (κ2) is 18.3. The molecule has 16 aromatic rings. The molecule has 0 unspecified atom stereocenters. The summed E-state index contributed by atoms with van der Waals surface area (Å²) in [6.07, 6.45) is 0. The Morgan fingerprint density at radius 2 is 0.598 bits per heavy atom. The van der Waals surface area contributed by atoms with Gasteiger partial charge in [0.05, 0.1) is 0 Å². The molecule has 3 aromatic heterocycles. The highest BCUT2D eigenvalue weighted by atomic mass is 16.3. The molecule has 3 heterocycles. The van der Waals surface area contributed by atoms with E-state index in [9.17, 15) is 0 Å². The minimum atomic E-state index is -0.416. The Kier molecular flexibility index (Phi) is 10.5. The topological polar surface area (TPSA) is 42.7 Å². The van der Waals surface area contributed by atoms with E-state index in [-0.39, 0.29) is 10.8 Å². The largest absolute Gasteiger partial charge is 0.455 e. The zero-order valence-corrected chi connectivity index (χ0v) is 56.2. The minimum absolute atomic E-state index is 0.283. The molecule has 0 bridgehead atoms. The van der Waals surface area contributed by atoms with Crippen LogP contribution in [0.4, 0.5) is 17.1 Å². The maximum absolute atomic E-state index is 7.15. The van der Waals surface area contributed by atoms with Gasteiger partial charge in [-0.05, 0) is 184 Å². The highest BCUT2D eigenvalue weighted by Gasteiger charge is 2.51. The van der Waals surface area contributed by atoms with Crippen molar-refractivity contribution >= 4 is 82.9 Å². The van der Waals surface area contributed by atoms with Gasteiger partial charge < -0.3 is 18.2 Å². The summed E-state index contributed by atoms with van der Waals surface area (Å²) in [6.45, 7) is 24.5. The molecule has 4 heteroatoms. The zero-order chi connectivity index (χ0) is 65.3. The lowest BCUT2D eigenvalue weighted by Crippen LogP contribution is -2.24. The predicted molar refractivity (Wildman–Crippen MR) is 402 cm³/mol. The van der Waals surface area contributed by atoms with Crippen molar-refractivity contribution in [2.24, 2.45) is 0 Å². The fourth-order valence-electron chi connectivity index (χ4n) is 19.7. The van der Waals surface area contributed by atoms with Gasteiger partial charge in [-0.2, -0.15) is 0 Å². The molecule has 0 saturated heterocycles. The summed E-state index contributed by atoms with van der Waals surface area (Å²) in [5.74, 6) is 0. The first-order chi connectivity index (χ1) is 46.9. The second-order valence-corrected chi connectivity index (χ2v) is 30.9. The lowest BCUT2D eigenvalue weighted by Gasteiger charge is -2.33. The van der Waals surface area contributed by atoms with Crippen LogP contribution in [0, 0.1) is 0 Å². The van der Waals surface area contributed by atoms with E-state index in [0.717, 1.165) is 77.8 Å². The van der Waals surface area contributed by atoms with Crippen molar-refractivity contribution in [2.45, 2.75) is 96.3 Å². The lowest BCUT2D eigenvalue weighted by molar-refractivity contribution is 0.600. The van der Waals surface area contributed by atoms with Crippen LogP contribution in [-0.2, 0) is 27.1 Å². The van der Waals surface area contributed by atoms with Gasteiger partial charge in [-0.15, -0.1) is 0 Å². The zero-order valence-electron chi connectivity index (χ0n) is 56.2. The van der Waals surface area contributed by atoms with Crippen LogP contribution in [0.2, 0.25) is 0 Å². The molecule has 21 rings (SSSR count). The van der Waals surface area contributed by atoms with Gasteiger partial charge in [-0.25, -0.2) is 0 Å². The highest BCUT2D eigenvalue weighted by molar-refractivity contribution is 6.23. The molecular formula is C93H69NO3. The summed E-state index contributed by atoms with van der Waals surface area (Å²) in [4.78, 5) is 2.58. The summed E-state index contributed by atoms with van der Waals surface area (Å²) in [5, 5.41) is 7.02. The molecule has 0 N–H and O–H groups in total. The smallest absolute Gasteiger partial charge is 0.144 e. The number of nitrogens with zero attached hydrogens (tertiary/aromatic N) is 1. The van der Waals surface area contributed by atoms with Gasteiger partial charge in [-0.1, -0.05) is 239 Å². The molecule has 464 valence electrons. The van der Waals surface area contributed by atoms with Gasteiger partial charge in [0.25, 0.3) is 0 Å². The van der Waals surface area contributed by atoms with Crippen LogP contribution in [0.3, 0.4) is 0 Å². The maximum atomic E-state index is 7.15. The van der Waals surface area contributed by atoms with Crippen LogP contribution in [0.25, 0.3) is 144 Å². The van der Waals surface area contributed by atoms with Crippen molar-refractivity contribution in [1.29, 1.82) is 0 Å². The maximum Gasteiger partial charge on any atom is 0.144 e. The predicted octanol–water partition coefficient (Wildman–Crippen LogP) is 25.7. The molecular weight excluding hydrogens is 1180 g/mol. The van der Waals surface area contributed by atoms with Crippen LogP contribution in [0.1, 0.15) is 125 Å². The number of hydrogen-bond donors (Lipinski definition) is 0. The number of rotatable bonds is 5. The van der Waals surface area contributed by atoms with Crippen molar-refractivity contribution in [3.8, 4) is 77.9 Å². The summed E-state index contributed by atoms with van der Waals surface area (Å²) in [6, 6.07) is 88.4. The van der Waals surface area contributed by atoms with Gasteiger partial charge in [0.1, 0.15) is 33.5 Å². The molecule has 0 radical (unpaired) electrons. The fraction of sp³-hybridized carbons (Fsp3) is 0.161. The van der Waals surface area contributed by atoms with E-state index < -0.39 is 16.2 Å². The van der Waals surface area contributed by atoms with Crippen LogP contribution < -0.4 is 4.90 Å². The van der Waals surface area contributed by atoms with E-state index in [1.165, 1.54) is 139 Å². The molecule has 97 heavy (non-hydrogen) atoms. The van der Waals surface area contributed by atoms with Crippen LogP contribution in [-0.4, -0.2) is 0 Å². The van der Waals surface area contributed by atoms with Crippen molar-refractivity contribution in [3.63, 3.8) is 0 Å². The van der Waals surface area contributed by atoms with E-state index in [0.29, 0.717) is 0 Å². The van der Waals surface area contributed by atoms with E-state index in [4.69, 9.17) is 13.3 Å². The van der Waals surface area contributed by atoms with E-state index in [1.807, 2.05) is 0 Å². The van der Waals surface area contributed by atoms with Crippen molar-refractivity contribution in [1.82, 2.24) is 0 Å². The number of furan rings is 3. The normalized spacial score (nSPS) is 16.1. The fourth-order valence-corrected chi connectivity index (χ4v) is 19.7.